The van der Waals surface area contributed by atoms with Crippen molar-refractivity contribution in [3.05, 3.63) is 71.9 Å². The van der Waals surface area contributed by atoms with E-state index in [0.29, 0.717) is 19.6 Å². The Kier molecular flexibility index (Phi) is 8.74. The van der Waals surface area contributed by atoms with Gasteiger partial charge in [-0.1, -0.05) is 61.9 Å². The van der Waals surface area contributed by atoms with Crippen LogP contribution in [0.15, 0.2) is 60.8 Å². The highest BCUT2D eigenvalue weighted by Crippen LogP contribution is 2.19. The average Bonchev–Trinajstić information content (AvgIpc) is 3.22. The number of alkyl halides is 1. The maximum absolute atomic E-state index is 13.4. The average molecular weight is 454 g/mol. The SMILES string of the molecule is CCCCN(CC(=O)N(CCc1c[nH]c2ccccc12)Cc1ccccc1)C(=O)C(C)Cl. The molecule has 0 spiro atoms. The van der Waals surface area contributed by atoms with Crippen LogP contribution in [0.3, 0.4) is 0 Å². The molecule has 2 amide bonds. The van der Waals surface area contributed by atoms with Crippen LogP contribution < -0.4 is 0 Å². The van der Waals surface area contributed by atoms with Gasteiger partial charge in [0.15, 0.2) is 0 Å². The Hall–Kier alpha value is -2.79. The summed E-state index contributed by atoms with van der Waals surface area (Å²) in [7, 11) is 0. The fourth-order valence-corrected chi connectivity index (χ4v) is 3.96. The van der Waals surface area contributed by atoms with E-state index >= 15 is 0 Å². The highest BCUT2D eigenvalue weighted by molar-refractivity contribution is 6.30. The van der Waals surface area contributed by atoms with Gasteiger partial charge in [-0.25, -0.2) is 0 Å². The number of halogens is 1. The Balaban J connectivity index is 1.76. The molecule has 2 aromatic carbocycles. The molecule has 5 nitrogen and oxygen atoms in total. The summed E-state index contributed by atoms with van der Waals surface area (Å²) in [4.78, 5) is 32.7. The van der Waals surface area contributed by atoms with E-state index in [-0.39, 0.29) is 18.4 Å². The monoisotopic (exact) mass is 453 g/mol. The molecule has 32 heavy (non-hydrogen) atoms. The Bertz CT molecular complexity index is 1020. The molecule has 0 aliphatic heterocycles. The number of benzene rings is 2. The van der Waals surface area contributed by atoms with Crippen LogP contribution >= 0.6 is 11.6 Å². The van der Waals surface area contributed by atoms with E-state index in [4.69, 9.17) is 11.6 Å². The maximum atomic E-state index is 13.4. The molecule has 0 saturated carbocycles. The lowest BCUT2D eigenvalue weighted by Crippen LogP contribution is -2.45. The van der Waals surface area contributed by atoms with E-state index in [1.54, 1.807) is 11.8 Å². The predicted molar refractivity (Wildman–Crippen MR) is 131 cm³/mol. The number of rotatable bonds is 11. The first kappa shape index (κ1) is 23.9. The first-order valence-corrected chi connectivity index (χ1v) is 11.7. The Labute approximate surface area is 195 Å². The van der Waals surface area contributed by atoms with Gasteiger partial charge < -0.3 is 14.8 Å². The lowest BCUT2D eigenvalue weighted by Gasteiger charge is -2.28. The van der Waals surface area contributed by atoms with E-state index in [1.807, 2.05) is 53.6 Å². The predicted octanol–water partition coefficient (Wildman–Crippen LogP) is 5.00. The molecule has 0 radical (unpaired) electrons. The van der Waals surface area contributed by atoms with Crippen molar-refractivity contribution in [2.75, 3.05) is 19.6 Å². The van der Waals surface area contributed by atoms with Gasteiger partial charge in [0.1, 0.15) is 5.38 Å². The minimum Gasteiger partial charge on any atom is -0.361 e. The molecule has 0 bridgehead atoms. The van der Waals surface area contributed by atoms with Gasteiger partial charge >= 0.3 is 0 Å². The lowest BCUT2D eigenvalue weighted by molar-refractivity contribution is -0.140. The minimum absolute atomic E-state index is 0.0522. The standard InChI is InChI=1S/C26H32ClN3O2/c1-3-4-15-30(26(32)20(2)27)19-25(31)29(18-21-10-6-5-7-11-21)16-14-22-17-28-24-13-9-8-12-23(22)24/h5-13,17,20,28H,3-4,14-16,18-19H2,1-2H3. The highest BCUT2D eigenvalue weighted by atomic mass is 35.5. The molecular weight excluding hydrogens is 422 g/mol. The summed E-state index contributed by atoms with van der Waals surface area (Å²) in [5.74, 6) is -0.250. The van der Waals surface area contributed by atoms with Crippen molar-refractivity contribution in [3.8, 4) is 0 Å². The topological polar surface area (TPSA) is 56.4 Å². The summed E-state index contributed by atoms with van der Waals surface area (Å²) in [5.41, 5.74) is 3.34. The minimum atomic E-state index is -0.645. The van der Waals surface area contributed by atoms with Crippen LogP contribution in [0, 0.1) is 0 Å². The van der Waals surface area contributed by atoms with Crippen LogP contribution in [0.25, 0.3) is 10.9 Å². The van der Waals surface area contributed by atoms with Crippen LogP contribution in [0.4, 0.5) is 0 Å². The number of carbonyl (C=O) groups is 2. The number of hydrogen-bond acceptors (Lipinski definition) is 2. The first-order valence-electron chi connectivity index (χ1n) is 11.3. The van der Waals surface area contributed by atoms with E-state index < -0.39 is 5.38 Å². The van der Waals surface area contributed by atoms with Crippen molar-refractivity contribution in [2.45, 2.75) is 45.0 Å². The van der Waals surface area contributed by atoms with E-state index in [9.17, 15) is 9.59 Å². The number of aromatic amines is 1. The largest absolute Gasteiger partial charge is 0.361 e. The highest BCUT2D eigenvalue weighted by Gasteiger charge is 2.24. The molecular formula is C26H32ClN3O2. The third-order valence-corrected chi connectivity index (χ3v) is 5.84. The number of fused-ring (bicyclic) bond motifs is 1. The van der Waals surface area contributed by atoms with Gasteiger partial charge in [0, 0.05) is 36.7 Å². The molecule has 1 unspecified atom stereocenters. The van der Waals surface area contributed by atoms with E-state index in [0.717, 1.165) is 30.3 Å². The molecule has 170 valence electrons. The second-order valence-corrected chi connectivity index (χ2v) is 8.79. The first-order chi connectivity index (χ1) is 15.5. The number of nitrogens with zero attached hydrogens (tertiary/aromatic N) is 2. The molecule has 0 saturated heterocycles. The van der Waals surface area contributed by atoms with Crippen LogP contribution in [0.1, 0.15) is 37.8 Å². The summed E-state index contributed by atoms with van der Waals surface area (Å²) in [6.45, 7) is 5.40. The quantitative estimate of drug-likeness (QED) is 0.415. The van der Waals surface area contributed by atoms with Gasteiger partial charge in [-0.15, -0.1) is 11.6 Å². The maximum Gasteiger partial charge on any atom is 0.242 e. The van der Waals surface area contributed by atoms with Gasteiger partial charge in [0.05, 0.1) is 6.54 Å². The smallest absolute Gasteiger partial charge is 0.242 e. The van der Waals surface area contributed by atoms with Crippen molar-refractivity contribution in [3.63, 3.8) is 0 Å². The Morgan fingerprint density at radius 1 is 1.00 bits per heavy atom. The molecule has 3 rings (SSSR count). The zero-order chi connectivity index (χ0) is 22.9. The number of para-hydroxylation sites is 1. The number of carbonyl (C=O) groups excluding carboxylic acids is 2. The molecule has 6 heteroatoms. The fraction of sp³-hybridized carbons (Fsp3) is 0.385. The van der Waals surface area contributed by atoms with E-state index in [2.05, 4.69) is 24.0 Å². The van der Waals surface area contributed by atoms with Gasteiger partial charge in [-0.05, 0) is 37.0 Å². The second-order valence-electron chi connectivity index (χ2n) is 8.14. The van der Waals surface area contributed by atoms with Crippen molar-refractivity contribution >= 4 is 34.3 Å². The van der Waals surface area contributed by atoms with Crippen LogP contribution in [0.2, 0.25) is 0 Å². The summed E-state index contributed by atoms with van der Waals surface area (Å²) in [5, 5.41) is 0.531. The zero-order valence-electron chi connectivity index (χ0n) is 18.9. The molecule has 1 heterocycles. The van der Waals surface area contributed by atoms with E-state index in [1.165, 1.54) is 10.9 Å². The molecule has 0 aliphatic carbocycles. The summed E-state index contributed by atoms with van der Waals surface area (Å²) in [6, 6.07) is 18.1. The van der Waals surface area contributed by atoms with Gasteiger partial charge in [-0.3, -0.25) is 9.59 Å². The number of hydrogen-bond donors (Lipinski definition) is 1. The van der Waals surface area contributed by atoms with Crippen LogP contribution in [-0.4, -0.2) is 51.6 Å². The lowest BCUT2D eigenvalue weighted by atomic mass is 10.1. The number of nitrogens with one attached hydrogen (secondary N) is 1. The normalized spacial score (nSPS) is 12.0. The molecule has 0 aliphatic rings. The summed E-state index contributed by atoms with van der Waals surface area (Å²) < 4.78 is 0. The molecule has 3 aromatic rings. The third-order valence-electron chi connectivity index (χ3n) is 5.65. The Morgan fingerprint density at radius 2 is 1.72 bits per heavy atom. The molecule has 1 N–H and O–H groups in total. The molecule has 1 aromatic heterocycles. The van der Waals surface area contributed by atoms with Gasteiger partial charge in [0.2, 0.25) is 11.8 Å². The number of H-pyrrole nitrogens is 1. The Morgan fingerprint density at radius 3 is 2.44 bits per heavy atom. The van der Waals surface area contributed by atoms with Crippen molar-refractivity contribution < 1.29 is 9.59 Å². The zero-order valence-corrected chi connectivity index (χ0v) is 19.6. The molecule has 1 atom stereocenters. The fourth-order valence-electron chi connectivity index (χ4n) is 3.82. The third kappa shape index (κ3) is 6.36. The van der Waals surface area contributed by atoms with Crippen molar-refractivity contribution in [2.24, 2.45) is 0 Å². The van der Waals surface area contributed by atoms with Crippen LogP contribution in [0.5, 0.6) is 0 Å². The summed E-state index contributed by atoms with van der Waals surface area (Å²) in [6.07, 6.45) is 4.54. The second kappa shape index (κ2) is 11.7. The van der Waals surface area contributed by atoms with Gasteiger partial charge in [0.25, 0.3) is 0 Å². The number of amides is 2. The van der Waals surface area contributed by atoms with Crippen LogP contribution in [-0.2, 0) is 22.6 Å². The van der Waals surface area contributed by atoms with Crippen molar-refractivity contribution in [1.29, 1.82) is 0 Å². The van der Waals surface area contributed by atoms with Crippen molar-refractivity contribution in [1.82, 2.24) is 14.8 Å². The number of unbranched alkanes of at least 4 members (excludes halogenated alkanes) is 1. The van der Waals surface area contributed by atoms with Gasteiger partial charge in [-0.2, -0.15) is 0 Å². The number of aromatic nitrogens is 1. The molecule has 0 fully saturated rings. The summed E-state index contributed by atoms with van der Waals surface area (Å²) >= 11 is 6.06.